The molecule has 0 aromatic heterocycles. The Morgan fingerprint density at radius 3 is 1.85 bits per heavy atom. The molecular formula is C21H32N2O3. The molecule has 0 aromatic carbocycles. The first kappa shape index (κ1) is 17.0. The molecule has 0 aromatic rings. The van der Waals surface area contributed by atoms with Crippen LogP contribution in [0.25, 0.3) is 0 Å². The van der Waals surface area contributed by atoms with Gasteiger partial charge in [0.25, 0.3) is 0 Å². The zero-order chi connectivity index (χ0) is 17.7. The first-order valence-corrected chi connectivity index (χ1v) is 10.8. The summed E-state index contributed by atoms with van der Waals surface area (Å²) < 4.78 is 5.36. The maximum atomic E-state index is 13.4. The fraction of sp³-hybridized carbons (Fsp3) is 0.905. The minimum absolute atomic E-state index is 0.0319. The van der Waals surface area contributed by atoms with Crippen molar-refractivity contribution in [3.63, 3.8) is 0 Å². The van der Waals surface area contributed by atoms with Crippen molar-refractivity contribution in [1.82, 2.24) is 9.80 Å². The number of hydrogen-bond acceptors (Lipinski definition) is 3. The van der Waals surface area contributed by atoms with Crippen molar-refractivity contribution in [2.45, 2.75) is 51.4 Å². The fourth-order valence-electron chi connectivity index (χ4n) is 7.08. The van der Waals surface area contributed by atoms with Gasteiger partial charge >= 0.3 is 0 Å². The van der Waals surface area contributed by atoms with E-state index in [0.717, 1.165) is 76.0 Å². The second-order valence-corrected chi connectivity index (χ2v) is 9.70. The SMILES string of the molecule is O=C(C1CCN(C(=O)C23CC4CC(CC(C4)C2)C3)CC1)N1CCOCC1. The summed E-state index contributed by atoms with van der Waals surface area (Å²) in [5.74, 6) is 3.26. The Morgan fingerprint density at radius 2 is 1.31 bits per heavy atom. The number of piperidine rings is 1. The third kappa shape index (κ3) is 2.87. The van der Waals surface area contributed by atoms with Gasteiger partial charge in [-0.25, -0.2) is 0 Å². The van der Waals surface area contributed by atoms with Gasteiger partial charge in [-0.15, -0.1) is 0 Å². The Labute approximate surface area is 156 Å². The van der Waals surface area contributed by atoms with Gasteiger partial charge in [0.2, 0.25) is 11.8 Å². The second kappa shape index (κ2) is 6.50. The van der Waals surface area contributed by atoms with E-state index >= 15 is 0 Å². The number of hydrogen-bond donors (Lipinski definition) is 0. The predicted molar refractivity (Wildman–Crippen MR) is 97.3 cm³/mol. The van der Waals surface area contributed by atoms with E-state index in [1.54, 1.807) is 0 Å². The Hall–Kier alpha value is -1.10. The van der Waals surface area contributed by atoms with E-state index in [0.29, 0.717) is 19.1 Å². The Bertz CT molecular complexity index is 541. The topological polar surface area (TPSA) is 49.9 Å². The summed E-state index contributed by atoms with van der Waals surface area (Å²) in [7, 11) is 0. The van der Waals surface area contributed by atoms with Crippen LogP contribution in [0.2, 0.25) is 0 Å². The monoisotopic (exact) mass is 360 g/mol. The molecule has 4 aliphatic carbocycles. The second-order valence-electron chi connectivity index (χ2n) is 9.70. The maximum absolute atomic E-state index is 13.4. The molecule has 6 aliphatic rings. The molecule has 5 heteroatoms. The molecule has 2 amide bonds. The molecule has 0 radical (unpaired) electrons. The summed E-state index contributed by atoms with van der Waals surface area (Å²) >= 11 is 0. The highest BCUT2D eigenvalue weighted by Gasteiger charge is 2.55. The lowest BCUT2D eigenvalue weighted by Gasteiger charge is -2.57. The van der Waals surface area contributed by atoms with Crippen molar-refractivity contribution in [3.05, 3.63) is 0 Å². The van der Waals surface area contributed by atoms with Crippen LogP contribution >= 0.6 is 0 Å². The Kier molecular flexibility index (Phi) is 4.26. The van der Waals surface area contributed by atoms with Gasteiger partial charge < -0.3 is 14.5 Å². The van der Waals surface area contributed by atoms with Crippen molar-refractivity contribution < 1.29 is 14.3 Å². The summed E-state index contributed by atoms with van der Waals surface area (Å²) in [6, 6.07) is 0. The van der Waals surface area contributed by atoms with Crippen LogP contribution in [0, 0.1) is 29.1 Å². The van der Waals surface area contributed by atoms with Gasteiger partial charge in [-0.1, -0.05) is 0 Å². The fourth-order valence-corrected chi connectivity index (χ4v) is 7.08. The van der Waals surface area contributed by atoms with Gasteiger partial charge in [0.1, 0.15) is 0 Å². The smallest absolute Gasteiger partial charge is 0.228 e. The average molecular weight is 360 g/mol. The minimum Gasteiger partial charge on any atom is -0.378 e. The number of likely N-dealkylation sites (tertiary alicyclic amines) is 1. The molecule has 0 spiro atoms. The average Bonchev–Trinajstić information content (AvgIpc) is 2.67. The quantitative estimate of drug-likeness (QED) is 0.759. The number of carbonyl (C=O) groups excluding carboxylic acids is 2. The number of carbonyl (C=O) groups is 2. The van der Waals surface area contributed by atoms with E-state index in [1.165, 1.54) is 19.3 Å². The molecular weight excluding hydrogens is 328 g/mol. The highest BCUT2D eigenvalue weighted by Crippen LogP contribution is 2.60. The first-order valence-electron chi connectivity index (χ1n) is 10.8. The van der Waals surface area contributed by atoms with Crippen molar-refractivity contribution in [3.8, 4) is 0 Å². The molecule has 6 rings (SSSR count). The Balaban J connectivity index is 1.20. The maximum Gasteiger partial charge on any atom is 0.228 e. The molecule has 4 bridgehead atoms. The van der Waals surface area contributed by atoms with E-state index in [2.05, 4.69) is 4.90 Å². The van der Waals surface area contributed by atoms with Gasteiger partial charge in [0.15, 0.2) is 0 Å². The van der Waals surface area contributed by atoms with Crippen LogP contribution in [0.3, 0.4) is 0 Å². The highest BCUT2D eigenvalue weighted by atomic mass is 16.5. The van der Waals surface area contributed by atoms with Crippen LogP contribution in [-0.4, -0.2) is 61.0 Å². The van der Waals surface area contributed by atoms with Crippen molar-refractivity contribution in [2.24, 2.45) is 29.1 Å². The number of nitrogens with zero attached hydrogens (tertiary/aromatic N) is 2. The van der Waals surface area contributed by atoms with Crippen LogP contribution in [0.5, 0.6) is 0 Å². The third-order valence-electron chi connectivity index (χ3n) is 7.95. The summed E-state index contributed by atoms with van der Waals surface area (Å²) in [6.07, 6.45) is 9.25. The number of amides is 2. The van der Waals surface area contributed by atoms with Gasteiger partial charge in [0.05, 0.1) is 18.6 Å². The van der Waals surface area contributed by atoms with Crippen LogP contribution in [-0.2, 0) is 14.3 Å². The molecule has 4 saturated carbocycles. The minimum atomic E-state index is -0.0319. The van der Waals surface area contributed by atoms with Crippen molar-refractivity contribution in [1.29, 1.82) is 0 Å². The lowest BCUT2D eigenvalue weighted by atomic mass is 9.49. The molecule has 26 heavy (non-hydrogen) atoms. The zero-order valence-corrected chi connectivity index (χ0v) is 15.8. The zero-order valence-electron chi connectivity index (χ0n) is 15.8. The number of ether oxygens (including phenoxy) is 1. The highest BCUT2D eigenvalue weighted by molar-refractivity contribution is 5.84. The van der Waals surface area contributed by atoms with E-state index in [9.17, 15) is 9.59 Å². The van der Waals surface area contributed by atoms with Crippen molar-refractivity contribution in [2.75, 3.05) is 39.4 Å². The van der Waals surface area contributed by atoms with Gasteiger partial charge in [-0.05, 0) is 69.1 Å². The largest absolute Gasteiger partial charge is 0.378 e. The van der Waals surface area contributed by atoms with E-state index in [4.69, 9.17) is 4.74 Å². The molecule has 6 fully saturated rings. The summed E-state index contributed by atoms with van der Waals surface area (Å²) in [4.78, 5) is 30.2. The van der Waals surface area contributed by atoms with E-state index in [1.807, 2.05) is 4.90 Å². The van der Waals surface area contributed by atoms with Gasteiger partial charge in [0, 0.05) is 32.1 Å². The molecule has 0 unspecified atom stereocenters. The van der Waals surface area contributed by atoms with E-state index < -0.39 is 0 Å². The summed E-state index contributed by atoms with van der Waals surface area (Å²) in [6.45, 7) is 4.34. The Morgan fingerprint density at radius 1 is 0.769 bits per heavy atom. The molecule has 2 saturated heterocycles. The van der Waals surface area contributed by atoms with Crippen LogP contribution in [0.4, 0.5) is 0 Å². The molecule has 144 valence electrons. The molecule has 0 N–H and O–H groups in total. The molecule has 2 aliphatic heterocycles. The molecule has 5 nitrogen and oxygen atoms in total. The van der Waals surface area contributed by atoms with E-state index in [-0.39, 0.29) is 17.2 Å². The van der Waals surface area contributed by atoms with Crippen LogP contribution in [0.15, 0.2) is 0 Å². The number of rotatable bonds is 2. The lowest BCUT2D eigenvalue weighted by molar-refractivity contribution is -0.160. The molecule has 0 atom stereocenters. The number of morpholine rings is 1. The predicted octanol–water partition coefficient (Wildman–Crippen LogP) is 2.30. The first-order chi connectivity index (χ1) is 12.6. The molecule has 2 heterocycles. The van der Waals surface area contributed by atoms with Gasteiger partial charge in [-0.2, -0.15) is 0 Å². The summed E-state index contributed by atoms with van der Waals surface area (Å²) in [5.41, 5.74) is -0.0319. The standard InChI is InChI=1S/C21H32N2O3/c24-19(22-5-7-26-8-6-22)18-1-3-23(4-2-18)20(25)21-12-15-9-16(13-21)11-17(10-15)14-21/h15-18H,1-14H2. The van der Waals surface area contributed by atoms with Crippen LogP contribution < -0.4 is 0 Å². The van der Waals surface area contributed by atoms with Crippen molar-refractivity contribution >= 4 is 11.8 Å². The van der Waals surface area contributed by atoms with Crippen LogP contribution in [0.1, 0.15) is 51.4 Å². The normalized spacial score (nSPS) is 40.1. The lowest BCUT2D eigenvalue weighted by Crippen LogP contribution is -2.56. The summed E-state index contributed by atoms with van der Waals surface area (Å²) in [5, 5.41) is 0. The third-order valence-corrected chi connectivity index (χ3v) is 7.95. The van der Waals surface area contributed by atoms with Gasteiger partial charge in [-0.3, -0.25) is 9.59 Å².